The average molecular weight is 376 g/mol. The van der Waals surface area contributed by atoms with Crippen LogP contribution in [0.1, 0.15) is 54.7 Å². The van der Waals surface area contributed by atoms with Crippen molar-refractivity contribution >= 4 is 39.4 Å². The molecule has 0 aliphatic carbocycles. The second-order valence-electron chi connectivity index (χ2n) is 6.36. The molecule has 0 saturated heterocycles. The Morgan fingerprint density at radius 3 is 2.44 bits per heavy atom. The van der Waals surface area contributed by atoms with Crippen LogP contribution in [0, 0.1) is 19.8 Å². The molecular weight excluding hydrogens is 350 g/mol. The molecule has 1 N–H and O–H groups in total. The van der Waals surface area contributed by atoms with Gasteiger partial charge < -0.3 is 5.32 Å². The van der Waals surface area contributed by atoms with Gasteiger partial charge in [-0.05, 0) is 55.5 Å². The van der Waals surface area contributed by atoms with Crippen molar-refractivity contribution in [2.24, 2.45) is 5.92 Å². The number of amides is 1. The normalized spacial score (nSPS) is 12.0. The van der Waals surface area contributed by atoms with Crippen LogP contribution in [0.15, 0.2) is 30.8 Å². The second-order valence-corrected chi connectivity index (χ2v) is 8.02. The maximum absolute atomic E-state index is 12.7. The van der Waals surface area contributed by atoms with E-state index in [4.69, 9.17) is 11.6 Å². The Morgan fingerprint density at radius 1 is 1.24 bits per heavy atom. The summed E-state index contributed by atoms with van der Waals surface area (Å²) in [5, 5.41) is 4.76. The van der Waals surface area contributed by atoms with Crippen molar-refractivity contribution in [3.63, 3.8) is 0 Å². The van der Waals surface area contributed by atoms with Gasteiger partial charge in [0.05, 0.1) is 0 Å². The zero-order valence-electron chi connectivity index (χ0n) is 15.4. The summed E-state index contributed by atoms with van der Waals surface area (Å²) in [7, 11) is 0. The van der Waals surface area contributed by atoms with Gasteiger partial charge in [-0.25, -0.2) is 0 Å². The van der Waals surface area contributed by atoms with Gasteiger partial charge in [0.2, 0.25) is 5.91 Å². The minimum absolute atomic E-state index is 0.0596. The Balaban J connectivity index is 2.34. The first-order chi connectivity index (χ1) is 11.9. The van der Waals surface area contributed by atoms with Crippen LogP contribution < -0.4 is 5.32 Å². The molecule has 1 aromatic carbocycles. The molecule has 0 aliphatic heterocycles. The van der Waals surface area contributed by atoms with Crippen LogP contribution in [-0.4, -0.2) is 5.91 Å². The molecule has 1 amide bonds. The number of hydrogen-bond acceptors (Lipinski definition) is 2. The monoisotopic (exact) mass is 375 g/mol. The van der Waals surface area contributed by atoms with Gasteiger partial charge in [-0.2, -0.15) is 0 Å². The van der Waals surface area contributed by atoms with E-state index in [1.54, 1.807) is 11.3 Å². The Labute approximate surface area is 159 Å². The first-order valence-corrected chi connectivity index (χ1v) is 9.94. The quantitative estimate of drug-likeness (QED) is 0.563. The second kappa shape index (κ2) is 8.68. The molecule has 0 bridgehead atoms. The van der Waals surface area contributed by atoms with Gasteiger partial charge in [-0.15, -0.1) is 11.3 Å². The molecule has 0 saturated carbocycles. The highest BCUT2D eigenvalue weighted by molar-refractivity contribution is 7.16. The predicted molar refractivity (Wildman–Crippen MR) is 111 cm³/mol. The molecule has 0 aliphatic rings. The standard InChI is InChI=1S/C21H26ClNOS/c1-6-8-16(7-2)20(24)23-21-19(13(3)15(5)25-21)14(4)17-9-11-18(22)12-10-17/h9-12,16H,4,6-8H2,1-3,5H3,(H,23,24). The first kappa shape index (κ1) is 19.7. The van der Waals surface area contributed by atoms with Gasteiger partial charge in [-0.3, -0.25) is 4.79 Å². The lowest BCUT2D eigenvalue weighted by Gasteiger charge is -2.15. The highest BCUT2D eigenvalue weighted by Crippen LogP contribution is 2.39. The lowest BCUT2D eigenvalue weighted by atomic mass is 9.97. The number of carbonyl (C=O) groups is 1. The highest BCUT2D eigenvalue weighted by atomic mass is 35.5. The van der Waals surface area contributed by atoms with Crippen molar-refractivity contribution in [1.82, 2.24) is 0 Å². The topological polar surface area (TPSA) is 29.1 Å². The van der Waals surface area contributed by atoms with Gasteiger partial charge in [0.1, 0.15) is 5.00 Å². The summed E-state index contributed by atoms with van der Waals surface area (Å²) in [6, 6.07) is 7.66. The van der Waals surface area contributed by atoms with E-state index in [1.165, 1.54) is 10.4 Å². The summed E-state index contributed by atoms with van der Waals surface area (Å²) in [5.41, 5.74) is 4.13. The molecule has 0 radical (unpaired) electrons. The number of thiophene rings is 1. The van der Waals surface area contributed by atoms with Gasteiger partial charge in [0.25, 0.3) is 0 Å². The number of benzene rings is 1. The Kier molecular flexibility index (Phi) is 6.86. The fraction of sp³-hybridized carbons (Fsp3) is 0.381. The molecular formula is C21H26ClNOS. The number of anilines is 1. The van der Waals surface area contributed by atoms with E-state index in [1.807, 2.05) is 24.3 Å². The van der Waals surface area contributed by atoms with Crippen molar-refractivity contribution in [2.45, 2.75) is 47.0 Å². The maximum Gasteiger partial charge on any atom is 0.228 e. The Morgan fingerprint density at radius 2 is 1.88 bits per heavy atom. The Hall–Kier alpha value is -1.58. The minimum atomic E-state index is 0.0596. The molecule has 0 spiro atoms. The Bertz CT molecular complexity index is 761. The first-order valence-electron chi connectivity index (χ1n) is 8.75. The van der Waals surface area contributed by atoms with E-state index in [2.05, 4.69) is 39.6 Å². The fourth-order valence-corrected chi connectivity index (χ4v) is 4.17. The zero-order valence-corrected chi connectivity index (χ0v) is 17.0. The third-order valence-electron chi connectivity index (χ3n) is 4.62. The van der Waals surface area contributed by atoms with E-state index in [0.29, 0.717) is 5.02 Å². The van der Waals surface area contributed by atoms with Crippen molar-refractivity contribution in [1.29, 1.82) is 0 Å². The third-order valence-corrected chi connectivity index (χ3v) is 5.99. The number of nitrogens with one attached hydrogen (secondary N) is 1. The van der Waals surface area contributed by atoms with E-state index in [9.17, 15) is 4.79 Å². The lowest BCUT2D eigenvalue weighted by molar-refractivity contribution is -0.120. The molecule has 2 nitrogen and oxygen atoms in total. The summed E-state index contributed by atoms with van der Waals surface area (Å²) in [4.78, 5) is 13.9. The smallest absolute Gasteiger partial charge is 0.228 e. The number of hydrogen-bond donors (Lipinski definition) is 1. The molecule has 1 unspecified atom stereocenters. The summed E-state index contributed by atoms with van der Waals surface area (Å²) < 4.78 is 0. The molecule has 1 heterocycles. The van der Waals surface area contributed by atoms with E-state index >= 15 is 0 Å². The molecule has 134 valence electrons. The lowest BCUT2D eigenvalue weighted by Crippen LogP contribution is -2.22. The van der Waals surface area contributed by atoms with E-state index in [-0.39, 0.29) is 11.8 Å². The number of carbonyl (C=O) groups excluding carboxylic acids is 1. The third kappa shape index (κ3) is 4.53. The van der Waals surface area contributed by atoms with E-state index in [0.717, 1.165) is 41.0 Å². The predicted octanol–water partition coefficient (Wildman–Crippen LogP) is 6.84. The minimum Gasteiger partial charge on any atom is -0.317 e. The van der Waals surface area contributed by atoms with Gasteiger partial charge in [0.15, 0.2) is 0 Å². The van der Waals surface area contributed by atoms with Crippen LogP contribution in [0.3, 0.4) is 0 Å². The van der Waals surface area contributed by atoms with Gasteiger partial charge >= 0.3 is 0 Å². The number of halogens is 1. The highest BCUT2D eigenvalue weighted by Gasteiger charge is 2.21. The molecule has 2 aromatic rings. The van der Waals surface area contributed by atoms with Crippen LogP contribution in [-0.2, 0) is 4.79 Å². The van der Waals surface area contributed by atoms with Crippen LogP contribution in [0.4, 0.5) is 5.00 Å². The van der Waals surface area contributed by atoms with E-state index < -0.39 is 0 Å². The van der Waals surface area contributed by atoms with Crippen LogP contribution in [0.5, 0.6) is 0 Å². The number of rotatable bonds is 7. The summed E-state index contributed by atoms with van der Waals surface area (Å²) >= 11 is 7.62. The molecule has 1 atom stereocenters. The average Bonchev–Trinajstić information content (AvgIpc) is 2.86. The van der Waals surface area contributed by atoms with Crippen LogP contribution in [0.2, 0.25) is 5.02 Å². The molecule has 4 heteroatoms. The SMILES string of the molecule is C=C(c1ccc(Cl)cc1)c1c(NC(=O)C(CC)CCC)sc(C)c1C. The van der Waals surface area contributed by atoms with Crippen molar-refractivity contribution in [3.05, 3.63) is 57.4 Å². The fourth-order valence-electron chi connectivity index (χ4n) is 2.96. The molecule has 25 heavy (non-hydrogen) atoms. The van der Waals surface area contributed by atoms with Crippen LogP contribution >= 0.6 is 22.9 Å². The maximum atomic E-state index is 12.7. The largest absolute Gasteiger partial charge is 0.317 e. The van der Waals surface area contributed by atoms with Crippen molar-refractivity contribution in [3.8, 4) is 0 Å². The number of aryl methyl sites for hydroxylation is 1. The molecule has 1 aromatic heterocycles. The summed E-state index contributed by atoms with van der Waals surface area (Å²) in [6.07, 6.45) is 2.79. The molecule has 2 rings (SSSR count). The van der Waals surface area contributed by atoms with Crippen molar-refractivity contribution in [2.75, 3.05) is 5.32 Å². The summed E-state index contributed by atoms with van der Waals surface area (Å²) in [6.45, 7) is 12.6. The summed E-state index contributed by atoms with van der Waals surface area (Å²) in [5.74, 6) is 0.167. The van der Waals surface area contributed by atoms with Crippen LogP contribution in [0.25, 0.3) is 5.57 Å². The zero-order chi connectivity index (χ0) is 18.6. The van der Waals surface area contributed by atoms with Crippen molar-refractivity contribution < 1.29 is 4.79 Å². The molecule has 0 fully saturated rings. The van der Waals surface area contributed by atoms with Gasteiger partial charge in [-0.1, -0.05) is 50.6 Å². The van der Waals surface area contributed by atoms with Gasteiger partial charge in [0, 0.05) is 21.4 Å².